The van der Waals surface area contributed by atoms with Gasteiger partial charge in [-0.2, -0.15) is 0 Å². The van der Waals surface area contributed by atoms with Crippen LogP contribution >= 0.6 is 0 Å². The standard InChI is InChI=1S/C49H95NO6/c1-7-11-21-30-44(31-22-12-8-2)39-42-54-47(51)36-27-19-15-17-25-34-46(56-49(53)38-29-41-50(5)6)35-26-18-16-20-28-37-48(52)55-43-40-45(32-23-13-9-3)33-24-14-10-4/h44-46H,7-43H2,1-6H3. The van der Waals surface area contributed by atoms with Gasteiger partial charge < -0.3 is 19.1 Å². The molecule has 0 atom stereocenters. The zero-order chi connectivity index (χ0) is 41.3. The van der Waals surface area contributed by atoms with Crippen LogP contribution in [0, 0.1) is 11.8 Å². The molecule has 0 bridgehead atoms. The van der Waals surface area contributed by atoms with Crippen molar-refractivity contribution in [1.82, 2.24) is 4.90 Å². The van der Waals surface area contributed by atoms with Gasteiger partial charge in [-0.3, -0.25) is 14.4 Å². The van der Waals surface area contributed by atoms with Crippen molar-refractivity contribution >= 4 is 17.9 Å². The van der Waals surface area contributed by atoms with E-state index in [1.165, 1.54) is 103 Å². The van der Waals surface area contributed by atoms with E-state index in [1.54, 1.807) is 0 Å². The van der Waals surface area contributed by atoms with E-state index in [2.05, 4.69) is 32.6 Å². The molecule has 0 aliphatic heterocycles. The second-order valence-electron chi connectivity index (χ2n) is 17.4. The first kappa shape index (κ1) is 54.4. The lowest BCUT2D eigenvalue weighted by Crippen LogP contribution is -2.20. The number of ether oxygens (including phenoxy) is 3. The molecule has 56 heavy (non-hydrogen) atoms. The van der Waals surface area contributed by atoms with Crippen LogP contribution in [0.25, 0.3) is 0 Å². The van der Waals surface area contributed by atoms with Gasteiger partial charge in [-0.1, -0.05) is 169 Å². The van der Waals surface area contributed by atoms with Crippen molar-refractivity contribution in [2.45, 2.75) is 252 Å². The van der Waals surface area contributed by atoms with Gasteiger partial charge in [-0.15, -0.1) is 0 Å². The molecule has 0 saturated carbocycles. The van der Waals surface area contributed by atoms with Crippen molar-refractivity contribution in [3.8, 4) is 0 Å². The molecule has 0 heterocycles. The maximum atomic E-state index is 12.6. The SMILES string of the molecule is CCCCCC(CCCCC)CCOC(=O)CCCCCCCC(CCCCCCCC(=O)OCCC(CCCCC)CCCCC)OC(=O)CCCN(C)C. The van der Waals surface area contributed by atoms with E-state index in [0.717, 1.165) is 103 Å². The number of esters is 3. The Labute approximate surface area is 348 Å². The molecule has 0 aromatic rings. The summed E-state index contributed by atoms with van der Waals surface area (Å²) >= 11 is 0. The quantitative estimate of drug-likeness (QED) is 0.0345. The Kier molecular flexibility index (Phi) is 40.3. The van der Waals surface area contributed by atoms with Crippen LogP contribution in [-0.4, -0.2) is 62.8 Å². The summed E-state index contributed by atoms with van der Waals surface area (Å²) in [4.78, 5) is 39.5. The molecule has 7 nitrogen and oxygen atoms in total. The topological polar surface area (TPSA) is 82.1 Å². The number of rotatable bonds is 43. The van der Waals surface area contributed by atoms with Crippen LogP contribution in [0.5, 0.6) is 0 Å². The van der Waals surface area contributed by atoms with Crippen LogP contribution in [0.15, 0.2) is 0 Å². The number of nitrogens with zero attached hydrogens (tertiary/aromatic N) is 1. The van der Waals surface area contributed by atoms with E-state index in [-0.39, 0.29) is 24.0 Å². The first-order valence-electron chi connectivity index (χ1n) is 24.4. The Hall–Kier alpha value is -1.63. The molecule has 332 valence electrons. The zero-order valence-electron chi connectivity index (χ0n) is 38.3. The van der Waals surface area contributed by atoms with E-state index >= 15 is 0 Å². The fourth-order valence-electron chi connectivity index (χ4n) is 7.81. The zero-order valence-corrected chi connectivity index (χ0v) is 38.3. The first-order valence-corrected chi connectivity index (χ1v) is 24.4. The number of hydrogen-bond acceptors (Lipinski definition) is 7. The van der Waals surface area contributed by atoms with Crippen LogP contribution in [0.2, 0.25) is 0 Å². The maximum Gasteiger partial charge on any atom is 0.306 e. The van der Waals surface area contributed by atoms with Crippen LogP contribution in [0.4, 0.5) is 0 Å². The summed E-state index contributed by atoms with van der Waals surface area (Å²) in [5, 5.41) is 0. The molecule has 0 aliphatic carbocycles. The molecule has 0 radical (unpaired) electrons. The summed E-state index contributed by atoms with van der Waals surface area (Å²) in [5.41, 5.74) is 0. The summed E-state index contributed by atoms with van der Waals surface area (Å²) < 4.78 is 17.3. The summed E-state index contributed by atoms with van der Waals surface area (Å²) in [7, 11) is 4.06. The summed E-state index contributed by atoms with van der Waals surface area (Å²) in [6.45, 7) is 11.1. The Morgan fingerprint density at radius 1 is 0.393 bits per heavy atom. The third kappa shape index (κ3) is 37.9. The molecule has 0 N–H and O–H groups in total. The van der Waals surface area contributed by atoms with Crippen LogP contribution in [0.3, 0.4) is 0 Å². The maximum absolute atomic E-state index is 12.6. The minimum atomic E-state index is -0.0737. The highest BCUT2D eigenvalue weighted by Crippen LogP contribution is 2.23. The van der Waals surface area contributed by atoms with Crippen molar-refractivity contribution in [3.63, 3.8) is 0 Å². The lowest BCUT2D eigenvalue weighted by molar-refractivity contribution is -0.150. The summed E-state index contributed by atoms with van der Waals surface area (Å²) in [5.74, 6) is 1.23. The van der Waals surface area contributed by atoms with Gasteiger partial charge in [-0.25, -0.2) is 0 Å². The highest BCUT2D eigenvalue weighted by atomic mass is 16.5. The normalized spacial score (nSPS) is 11.7. The Balaban J connectivity index is 4.35. The predicted molar refractivity (Wildman–Crippen MR) is 237 cm³/mol. The van der Waals surface area contributed by atoms with Gasteiger partial charge in [0.25, 0.3) is 0 Å². The molecule has 0 aromatic heterocycles. The molecule has 0 rings (SSSR count). The molecule has 0 aliphatic rings. The van der Waals surface area contributed by atoms with Gasteiger partial charge in [0.05, 0.1) is 13.2 Å². The van der Waals surface area contributed by atoms with E-state index < -0.39 is 0 Å². The van der Waals surface area contributed by atoms with Crippen LogP contribution in [-0.2, 0) is 28.6 Å². The van der Waals surface area contributed by atoms with Gasteiger partial charge in [0.15, 0.2) is 0 Å². The van der Waals surface area contributed by atoms with Gasteiger partial charge in [0.1, 0.15) is 6.10 Å². The predicted octanol–water partition coefficient (Wildman–Crippen LogP) is 14.1. The number of carbonyl (C=O) groups excluding carboxylic acids is 3. The fraction of sp³-hybridized carbons (Fsp3) is 0.939. The fourth-order valence-corrected chi connectivity index (χ4v) is 7.81. The minimum Gasteiger partial charge on any atom is -0.466 e. The van der Waals surface area contributed by atoms with E-state index in [0.29, 0.717) is 44.3 Å². The van der Waals surface area contributed by atoms with Crippen molar-refractivity contribution in [2.75, 3.05) is 33.9 Å². The Morgan fingerprint density at radius 2 is 0.732 bits per heavy atom. The van der Waals surface area contributed by atoms with E-state index in [4.69, 9.17) is 14.2 Å². The van der Waals surface area contributed by atoms with Crippen molar-refractivity contribution < 1.29 is 28.6 Å². The highest BCUT2D eigenvalue weighted by Gasteiger charge is 2.16. The molecule has 0 fully saturated rings. The van der Waals surface area contributed by atoms with Crippen LogP contribution < -0.4 is 0 Å². The minimum absolute atomic E-state index is 0.0210. The summed E-state index contributed by atoms with van der Waals surface area (Å²) in [6, 6.07) is 0. The van der Waals surface area contributed by atoms with E-state index in [9.17, 15) is 14.4 Å². The van der Waals surface area contributed by atoms with Gasteiger partial charge in [0.2, 0.25) is 0 Å². The molecular formula is C49H95NO6. The highest BCUT2D eigenvalue weighted by molar-refractivity contribution is 5.70. The molecule has 0 unspecified atom stereocenters. The molecule has 0 saturated heterocycles. The average molecular weight is 794 g/mol. The molecule has 0 aromatic carbocycles. The second-order valence-corrected chi connectivity index (χ2v) is 17.4. The molecular weight excluding hydrogens is 699 g/mol. The van der Waals surface area contributed by atoms with Gasteiger partial charge in [0, 0.05) is 19.3 Å². The third-order valence-electron chi connectivity index (χ3n) is 11.5. The largest absolute Gasteiger partial charge is 0.466 e. The van der Waals surface area contributed by atoms with Crippen LogP contribution in [0.1, 0.15) is 246 Å². The van der Waals surface area contributed by atoms with Gasteiger partial charge >= 0.3 is 17.9 Å². The lowest BCUT2D eigenvalue weighted by atomic mass is 9.92. The monoisotopic (exact) mass is 794 g/mol. The van der Waals surface area contributed by atoms with E-state index in [1.807, 2.05) is 14.1 Å². The molecule has 7 heteroatoms. The summed E-state index contributed by atoms with van der Waals surface area (Å²) in [6.07, 6.45) is 36.9. The average Bonchev–Trinajstić information content (AvgIpc) is 3.16. The Morgan fingerprint density at radius 3 is 1.11 bits per heavy atom. The number of unbranched alkanes of at least 4 members (excludes halogenated alkanes) is 16. The van der Waals surface area contributed by atoms with Crippen molar-refractivity contribution in [3.05, 3.63) is 0 Å². The second kappa shape index (κ2) is 41.5. The third-order valence-corrected chi connectivity index (χ3v) is 11.5. The molecule has 0 amide bonds. The first-order chi connectivity index (χ1) is 27.2. The number of carbonyl (C=O) groups is 3. The smallest absolute Gasteiger partial charge is 0.306 e. The van der Waals surface area contributed by atoms with Gasteiger partial charge in [-0.05, 0) is 90.3 Å². The molecule has 0 spiro atoms. The Bertz CT molecular complexity index is 803. The number of hydrogen-bond donors (Lipinski definition) is 0. The van der Waals surface area contributed by atoms with Crippen molar-refractivity contribution in [2.24, 2.45) is 11.8 Å². The lowest BCUT2D eigenvalue weighted by Gasteiger charge is -2.18. The van der Waals surface area contributed by atoms with Crippen molar-refractivity contribution in [1.29, 1.82) is 0 Å².